The zero-order valence-corrected chi connectivity index (χ0v) is 10.8. The summed E-state index contributed by atoms with van der Waals surface area (Å²) in [6, 6.07) is 0.420. The smallest absolute Gasteiger partial charge is 0.127 e. The maximum absolute atomic E-state index is 6.22. The molecule has 0 radical (unpaired) electrons. The van der Waals surface area contributed by atoms with Crippen LogP contribution in [0.15, 0.2) is 0 Å². The molecular formula is C13H23N3. The second-order valence-corrected chi connectivity index (χ2v) is 5.64. The molecule has 2 rings (SSSR count). The lowest BCUT2D eigenvalue weighted by Gasteiger charge is -2.13. The molecule has 2 N–H and O–H groups in total. The Kier molecular flexibility index (Phi) is 2.96. The molecule has 0 aromatic carbocycles. The summed E-state index contributed by atoms with van der Waals surface area (Å²) in [7, 11) is 0. The van der Waals surface area contributed by atoms with E-state index in [2.05, 4.69) is 32.3 Å². The van der Waals surface area contributed by atoms with Gasteiger partial charge < -0.3 is 10.3 Å². The number of nitrogens with two attached hydrogens (primary N) is 1. The van der Waals surface area contributed by atoms with Crippen LogP contribution in [-0.4, -0.2) is 9.55 Å². The summed E-state index contributed by atoms with van der Waals surface area (Å²) in [5.41, 5.74) is 7.32. The van der Waals surface area contributed by atoms with Gasteiger partial charge in [0.2, 0.25) is 0 Å². The molecule has 0 aliphatic heterocycles. The van der Waals surface area contributed by atoms with Gasteiger partial charge in [-0.2, -0.15) is 0 Å². The average molecular weight is 221 g/mol. The second kappa shape index (κ2) is 4.11. The summed E-state index contributed by atoms with van der Waals surface area (Å²) < 4.78 is 2.23. The van der Waals surface area contributed by atoms with Gasteiger partial charge in [-0.1, -0.05) is 13.8 Å². The van der Waals surface area contributed by atoms with Crippen LogP contribution in [0.3, 0.4) is 0 Å². The zero-order chi connectivity index (χ0) is 11.9. The Bertz CT molecular complexity index is 373. The maximum atomic E-state index is 6.22. The monoisotopic (exact) mass is 221 g/mol. The van der Waals surface area contributed by atoms with Gasteiger partial charge in [-0.25, -0.2) is 4.98 Å². The van der Waals surface area contributed by atoms with E-state index in [9.17, 15) is 0 Å². The van der Waals surface area contributed by atoms with Crippen molar-refractivity contribution < 1.29 is 0 Å². The molecule has 0 amide bonds. The third kappa shape index (κ3) is 2.08. The number of aromatic nitrogens is 2. The molecule has 1 heterocycles. The number of nitrogens with zero attached hydrogens (tertiary/aromatic N) is 2. The highest BCUT2D eigenvalue weighted by Crippen LogP contribution is 2.42. The van der Waals surface area contributed by atoms with Crippen LogP contribution in [0, 0.1) is 5.92 Å². The number of hydrogen-bond donors (Lipinski definition) is 1. The van der Waals surface area contributed by atoms with Crippen LogP contribution < -0.4 is 5.73 Å². The van der Waals surface area contributed by atoms with Crippen LogP contribution in [0.1, 0.15) is 64.0 Å². The van der Waals surface area contributed by atoms with E-state index in [4.69, 9.17) is 10.7 Å². The molecule has 16 heavy (non-hydrogen) atoms. The zero-order valence-electron chi connectivity index (χ0n) is 10.8. The Morgan fingerprint density at radius 1 is 1.31 bits per heavy atom. The Hall–Kier alpha value is -0.990. The molecule has 0 spiro atoms. The van der Waals surface area contributed by atoms with Gasteiger partial charge >= 0.3 is 0 Å². The molecule has 90 valence electrons. The molecule has 0 saturated heterocycles. The van der Waals surface area contributed by atoms with Crippen molar-refractivity contribution in [3.63, 3.8) is 0 Å². The first kappa shape index (κ1) is 11.5. The molecular weight excluding hydrogens is 198 g/mol. The lowest BCUT2D eigenvalue weighted by molar-refractivity contribution is 0.576. The Morgan fingerprint density at radius 3 is 2.38 bits per heavy atom. The van der Waals surface area contributed by atoms with Gasteiger partial charge in [-0.05, 0) is 39.0 Å². The van der Waals surface area contributed by atoms with Gasteiger partial charge in [0.1, 0.15) is 11.6 Å². The van der Waals surface area contributed by atoms with E-state index in [0.717, 1.165) is 17.9 Å². The quantitative estimate of drug-likeness (QED) is 0.849. The van der Waals surface area contributed by atoms with Crippen LogP contribution in [0.5, 0.6) is 0 Å². The molecule has 0 atom stereocenters. The van der Waals surface area contributed by atoms with Gasteiger partial charge in [0.15, 0.2) is 0 Å². The highest BCUT2D eigenvalue weighted by Gasteiger charge is 2.31. The fourth-order valence-corrected chi connectivity index (χ4v) is 2.22. The van der Waals surface area contributed by atoms with Crippen molar-refractivity contribution in [2.24, 2.45) is 5.92 Å². The number of imidazole rings is 1. The summed E-state index contributed by atoms with van der Waals surface area (Å²) in [6.07, 6.45) is 3.56. The van der Waals surface area contributed by atoms with Crippen LogP contribution in [-0.2, 0) is 6.42 Å². The first-order chi connectivity index (χ1) is 7.50. The average Bonchev–Trinajstić information content (AvgIpc) is 2.93. The molecule has 1 aliphatic rings. The third-order valence-electron chi connectivity index (χ3n) is 3.11. The van der Waals surface area contributed by atoms with E-state index in [1.165, 1.54) is 18.7 Å². The van der Waals surface area contributed by atoms with E-state index >= 15 is 0 Å². The van der Waals surface area contributed by atoms with Crippen LogP contribution in [0.2, 0.25) is 0 Å². The van der Waals surface area contributed by atoms with E-state index in [0.29, 0.717) is 17.9 Å². The number of hydrogen-bond acceptors (Lipinski definition) is 2. The minimum Gasteiger partial charge on any atom is -0.384 e. The summed E-state index contributed by atoms with van der Waals surface area (Å²) in [4.78, 5) is 4.77. The normalized spacial score (nSPS) is 16.4. The molecule has 0 unspecified atom stereocenters. The van der Waals surface area contributed by atoms with Crippen LogP contribution in [0.4, 0.5) is 5.82 Å². The second-order valence-electron chi connectivity index (χ2n) is 5.64. The van der Waals surface area contributed by atoms with Gasteiger partial charge in [0.05, 0.1) is 5.69 Å². The minimum atomic E-state index is 0.420. The Balaban J connectivity index is 2.36. The molecule has 1 aromatic rings. The van der Waals surface area contributed by atoms with Crippen LogP contribution >= 0.6 is 0 Å². The van der Waals surface area contributed by atoms with Crippen LogP contribution in [0.25, 0.3) is 0 Å². The van der Waals surface area contributed by atoms with Crippen molar-refractivity contribution in [1.29, 1.82) is 0 Å². The van der Waals surface area contributed by atoms with Crippen molar-refractivity contribution in [3.05, 3.63) is 11.5 Å². The SMILES string of the molecule is CC(C)Cc1nc(C2CC2)n(C(C)C)c1N. The topological polar surface area (TPSA) is 43.8 Å². The molecule has 0 bridgehead atoms. The lowest BCUT2D eigenvalue weighted by Crippen LogP contribution is -2.09. The standard InChI is InChI=1S/C13H23N3/c1-8(2)7-11-12(14)16(9(3)4)13(15-11)10-5-6-10/h8-10H,5-7,14H2,1-4H3. The van der Waals surface area contributed by atoms with Crippen molar-refractivity contribution in [3.8, 4) is 0 Å². The highest BCUT2D eigenvalue weighted by molar-refractivity contribution is 5.40. The van der Waals surface area contributed by atoms with Gasteiger partial charge in [-0.15, -0.1) is 0 Å². The predicted molar refractivity (Wildman–Crippen MR) is 67.5 cm³/mol. The van der Waals surface area contributed by atoms with E-state index in [-0.39, 0.29) is 0 Å². The lowest BCUT2D eigenvalue weighted by atomic mass is 10.1. The fraction of sp³-hybridized carbons (Fsp3) is 0.769. The van der Waals surface area contributed by atoms with Crippen molar-refractivity contribution in [2.75, 3.05) is 5.73 Å². The van der Waals surface area contributed by atoms with Crippen molar-refractivity contribution in [2.45, 2.75) is 58.9 Å². The molecule has 3 nitrogen and oxygen atoms in total. The summed E-state index contributed by atoms with van der Waals surface area (Å²) in [5.74, 6) is 3.41. The van der Waals surface area contributed by atoms with Gasteiger partial charge in [-0.3, -0.25) is 0 Å². The number of rotatable bonds is 4. The van der Waals surface area contributed by atoms with E-state index < -0.39 is 0 Å². The summed E-state index contributed by atoms with van der Waals surface area (Å²) >= 11 is 0. The minimum absolute atomic E-state index is 0.420. The Morgan fingerprint density at radius 2 is 1.94 bits per heavy atom. The molecule has 1 fully saturated rings. The van der Waals surface area contributed by atoms with E-state index in [1.54, 1.807) is 0 Å². The van der Waals surface area contributed by atoms with Gasteiger partial charge in [0, 0.05) is 12.0 Å². The maximum Gasteiger partial charge on any atom is 0.127 e. The highest BCUT2D eigenvalue weighted by atomic mass is 15.2. The molecule has 1 aliphatic carbocycles. The summed E-state index contributed by atoms with van der Waals surface area (Å²) in [6.45, 7) is 8.79. The first-order valence-corrected chi connectivity index (χ1v) is 6.37. The third-order valence-corrected chi connectivity index (χ3v) is 3.11. The number of nitrogen functional groups attached to an aromatic ring is 1. The first-order valence-electron chi connectivity index (χ1n) is 6.37. The molecule has 1 saturated carbocycles. The Labute approximate surface area is 98.1 Å². The van der Waals surface area contributed by atoms with E-state index in [1.807, 2.05) is 0 Å². The molecule has 3 heteroatoms. The predicted octanol–water partition coefficient (Wildman–Crippen LogP) is 3.12. The molecule has 1 aromatic heterocycles. The van der Waals surface area contributed by atoms with Crippen molar-refractivity contribution >= 4 is 5.82 Å². The number of anilines is 1. The van der Waals surface area contributed by atoms with Gasteiger partial charge in [0.25, 0.3) is 0 Å². The summed E-state index contributed by atoms with van der Waals surface area (Å²) in [5, 5.41) is 0. The largest absolute Gasteiger partial charge is 0.384 e. The van der Waals surface area contributed by atoms with Crippen molar-refractivity contribution in [1.82, 2.24) is 9.55 Å². The fourth-order valence-electron chi connectivity index (χ4n) is 2.22.